The van der Waals surface area contributed by atoms with E-state index in [2.05, 4.69) is 59.3 Å². The molecule has 0 bridgehead atoms. The van der Waals surface area contributed by atoms with Crippen molar-refractivity contribution >= 4 is 27.6 Å². The summed E-state index contributed by atoms with van der Waals surface area (Å²) in [5.41, 5.74) is 7.88. The van der Waals surface area contributed by atoms with Gasteiger partial charge in [-0.1, -0.05) is 0 Å². The molecular weight excluding hydrogens is 386 g/mol. The summed E-state index contributed by atoms with van der Waals surface area (Å²) in [6, 6.07) is 8.48. The second kappa shape index (κ2) is 7.19. The molecule has 0 aromatic carbocycles. The molecule has 154 valence electrons. The van der Waals surface area contributed by atoms with Crippen LogP contribution in [0.25, 0.3) is 44.6 Å². The van der Waals surface area contributed by atoms with E-state index in [-0.39, 0.29) is 0 Å². The Morgan fingerprint density at radius 3 is 2.71 bits per heavy atom. The molecule has 0 aliphatic carbocycles. The third-order valence-electron chi connectivity index (χ3n) is 6.08. The van der Waals surface area contributed by atoms with Crippen LogP contribution in [-0.4, -0.2) is 43.2 Å². The van der Waals surface area contributed by atoms with Crippen molar-refractivity contribution in [3.63, 3.8) is 0 Å². The minimum Gasteiger partial charge on any atom is -0.371 e. The number of hydrogen-bond acceptors (Lipinski definition) is 5. The summed E-state index contributed by atoms with van der Waals surface area (Å²) in [7, 11) is 0. The number of fused-ring (bicyclic) bond motifs is 2. The Morgan fingerprint density at radius 2 is 1.84 bits per heavy atom. The highest BCUT2D eigenvalue weighted by molar-refractivity contribution is 5.99. The number of aryl methyl sites for hydroxylation is 1. The van der Waals surface area contributed by atoms with Crippen LogP contribution in [0.3, 0.4) is 0 Å². The summed E-state index contributed by atoms with van der Waals surface area (Å²) < 4.78 is 0. The van der Waals surface area contributed by atoms with Gasteiger partial charge in [0.1, 0.15) is 11.3 Å². The molecule has 0 saturated carbocycles. The van der Waals surface area contributed by atoms with E-state index < -0.39 is 0 Å². The second-order valence-electron chi connectivity index (χ2n) is 8.26. The molecule has 7 nitrogen and oxygen atoms in total. The highest BCUT2D eigenvalue weighted by Gasteiger charge is 2.18. The molecule has 31 heavy (non-hydrogen) atoms. The first-order chi connectivity index (χ1) is 15.3. The molecule has 0 amide bonds. The van der Waals surface area contributed by atoms with Crippen molar-refractivity contribution in [2.45, 2.75) is 26.2 Å². The lowest BCUT2D eigenvalue weighted by Gasteiger charge is -2.29. The molecule has 1 saturated heterocycles. The van der Waals surface area contributed by atoms with E-state index in [4.69, 9.17) is 0 Å². The molecule has 1 aliphatic rings. The van der Waals surface area contributed by atoms with Crippen molar-refractivity contribution in [2.75, 3.05) is 18.0 Å². The van der Waals surface area contributed by atoms with Crippen molar-refractivity contribution in [3.05, 3.63) is 54.6 Å². The lowest BCUT2D eigenvalue weighted by atomic mass is 10.1. The van der Waals surface area contributed by atoms with Gasteiger partial charge in [0.25, 0.3) is 0 Å². The van der Waals surface area contributed by atoms with Crippen LogP contribution in [0, 0.1) is 6.92 Å². The van der Waals surface area contributed by atoms with Gasteiger partial charge >= 0.3 is 0 Å². The van der Waals surface area contributed by atoms with E-state index in [1.54, 1.807) is 0 Å². The van der Waals surface area contributed by atoms with Crippen molar-refractivity contribution in [3.8, 4) is 22.6 Å². The van der Waals surface area contributed by atoms with E-state index in [1.165, 1.54) is 24.9 Å². The summed E-state index contributed by atoms with van der Waals surface area (Å²) in [5, 5.41) is 9.89. The van der Waals surface area contributed by atoms with E-state index in [9.17, 15) is 0 Å². The monoisotopic (exact) mass is 409 g/mol. The Bertz CT molecular complexity index is 1390. The number of hydrogen-bond donors (Lipinski definition) is 2. The first kappa shape index (κ1) is 18.1. The van der Waals surface area contributed by atoms with E-state index in [0.717, 1.165) is 63.2 Å². The number of aromatic nitrogens is 6. The average molecular weight is 409 g/mol. The van der Waals surface area contributed by atoms with Crippen LogP contribution in [0.5, 0.6) is 0 Å². The van der Waals surface area contributed by atoms with Gasteiger partial charge in [-0.25, -0.2) is 4.98 Å². The second-order valence-corrected chi connectivity index (χ2v) is 8.26. The van der Waals surface area contributed by atoms with Crippen LogP contribution in [0.1, 0.15) is 24.8 Å². The molecule has 1 fully saturated rings. The van der Waals surface area contributed by atoms with Gasteiger partial charge in [0.2, 0.25) is 0 Å². The minimum absolute atomic E-state index is 0.877. The van der Waals surface area contributed by atoms with E-state index in [1.807, 2.05) is 31.7 Å². The van der Waals surface area contributed by atoms with Crippen LogP contribution < -0.4 is 4.90 Å². The van der Waals surface area contributed by atoms with Gasteiger partial charge in [-0.15, -0.1) is 0 Å². The molecule has 0 radical (unpaired) electrons. The Morgan fingerprint density at radius 1 is 0.935 bits per heavy atom. The summed E-state index contributed by atoms with van der Waals surface area (Å²) in [6.45, 7) is 4.24. The van der Waals surface area contributed by atoms with Crippen molar-refractivity contribution in [1.29, 1.82) is 0 Å². The molecule has 6 rings (SSSR count). The van der Waals surface area contributed by atoms with Gasteiger partial charge in [0.05, 0.1) is 23.1 Å². The zero-order chi connectivity index (χ0) is 20.8. The van der Waals surface area contributed by atoms with Crippen LogP contribution in [0.2, 0.25) is 0 Å². The Balaban J connectivity index is 1.46. The topological polar surface area (TPSA) is 86.4 Å². The quantitative estimate of drug-likeness (QED) is 0.444. The van der Waals surface area contributed by atoms with Crippen molar-refractivity contribution < 1.29 is 0 Å². The molecule has 6 heterocycles. The largest absolute Gasteiger partial charge is 0.371 e. The Hall–Kier alpha value is -3.74. The molecule has 1 aliphatic heterocycles. The van der Waals surface area contributed by atoms with Gasteiger partial charge < -0.3 is 9.88 Å². The molecule has 5 aromatic rings. The normalized spacial score (nSPS) is 14.5. The predicted molar refractivity (Wildman–Crippen MR) is 123 cm³/mol. The van der Waals surface area contributed by atoms with Gasteiger partial charge in [-0.2, -0.15) is 5.10 Å². The summed E-state index contributed by atoms with van der Waals surface area (Å²) in [5.74, 6) is 0. The molecule has 0 spiro atoms. The summed E-state index contributed by atoms with van der Waals surface area (Å²) in [6.07, 6.45) is 11.2. The van der Waals surface area contributed by atoms with Crippen LogP contribution in [-0.2, 0) is 0 Å². The number of aromatic amines is 2. The van der Waals surface area contributed by atoms with Gasteiger partial charge in [0, 0.05) is 53.7 Å². The number of piperidine rings is 1. The zero-order valence-corrected chi connectivity index (χ0v) is 17.4. The van der Waals surface area contributed by atoms with E-state index in [0.29, 0.717) is 0 Å². The van der Waals surface area contributed by atoms with Gasteiger partial charge in [0.15, 0.2) is 0 Å². The fourth-order valence-corrected chi connectivity index (χ4v) is 4.53. The maximum atomic E-state index is 4.60. The number of pyridine rings is 3. The fourth-order valence-electron chi connectivity index (χ4n) is 4.53. The number of nitrogens with one attached hydrogen (secondary N) is 2. The molecular formula is C24H23N7. The fraction of sp³-hybridized carbons (Fsp3) is 0.250. The number of H-pyrrole nitrogens is 2. The van der Waals surface area contributed by atoms with Gasteiger partial charge in [-0.05, 0) is 56.0 Å². The van der Waals surface area contributed by atoms with Crippen molar-refractivity contribution in [1.82, 2.24) is 30.1 Å². The number of nitrogens with zero attached hydrogens (tertiary/aromatic N) is 5. The third-order valence-corrected chi connectivity index (χ3v) is 6.08. The van der Waals surface area contributed by atoms with Crippen molar-refractivity contribution in [2.24, 2.45) is 0 Å². The number of anilines is 1. The Kier molecular flexibility index (Phi) is 4.19. The third kappa shape index (κ3) is 3.13. The molecule has 7 heteroatoms. The van der Waals surface area contributed by atoms with Gasteiger partial charge in [-0.3, -0.25) is 15.1 Å². The SMILES string of the molecule is Cc1cncc(-c2cc3c(-c4cc5c(N6CCCCC6)ccnc5[nH]4)n[nH]c3cn2)c1. The molecule has 5 aromatic heterocycles. The van der Waals surface area contributed by atoms with Crippen LogP contribution in [0.4, 0.5) is 5.69 Å². The highest BCUT2D eigenvalue weighted by Crippen LogP contribution is 2.34. The van der Waals surface area contributed by atoms with Crippen LogP contribution >= 0.6 is 0 Å². The first-order valence-corrected chi connectivity index (χ1v) is 10.8. The lowest BCUT2D eigenvalue weighted by Crippen LogP contribution is -2.29. The predicted octanol–water partition coefficient (Wildman–Crippen LogP) is 4.86. The minimum atomic E-state index is 0.877. The standard InChI is InChI=1S/C24H23N7/c1-15-9-16(13-25-12-15)19-10-17-21(14-27-19)29-30-23(17)20-11-18-22(5-6-26-24(18)28-20)31-7-3-2-4-8-31/h5-6,9-14H,2-4,7-8H2,1H3,(H,26,28)(H,29,30). The zero-order valence-electron chi connectivity index (χ0n) is 17.4. The summed E-state index contributed by atoms with van der Waals surface area (Å²) in [4.78, 5) is 19.5. The maximum Gasteiger partial charge on any atom is 0.139 e. The smallest absolute Gasteiger partial charge is 0.139 e. The number of rotatable bonds is 3. The lowest BCUT2D eigenvalue weighted by molar-refractivity contribution is 0.579. The van der Waals surface area contributed by atoms with E-state index >= 15 is 0 Å². The highest BCUT2D eigenvalue weighted by atomic mass is 15.1. The van der Waals surface area contributed by atoms with Crippen LogP contribution in [0.15, 0.2) is 49.1 Å². The maximum absolute atomic E-state index is 4.60. The molecule has 0 unspecified atom stereocenters. The summed E-state index contributed by atoms with van der Waals surface area (Å²) >= 11 is 0. The Labute approximate surface area is 179 Å². The molecule has 2 N–H and O–H groups in total. The first-order valence-electron chi connectivity index (χ1n) is 10.8. The molecule has 0 atom stereocenters. The average Bonchev–Trinajstić information content (AvgIpc) is 3.43.